The number of aryl methyl sites for hydroxylation is 1. The number of anilines is 1. The molecule has 3 aromatic rings. The minimum Gasteiger partial charge on any atom is -0.454 e. The second kappa shape index (κ2) is 4.93. The Morgan fingerprint density at radius 2 is 2.05 bits per heavy atom. The minimum absolute atomic E-state index is 0.309. The number of nitrogens with zero attached hydrogens (tertiary/aromatic N) is 1. The highest BCUT2D eigenvalue weighted by Gasteiger charge is 2.13. The lowest BCUT2D eigenvalue weighted by Crippen LogP contribution is -1.98. The Morgan fingerprint density at radius 3 is 3.00 bits per heavy atom. The van der Waals surface area contributed by atoms with E-state index in [9.17, 15) is 0 Å². The van der Waals surface area contributed by atoms with Crippen LogP contribution in [0, 0.1) is 6.92 Å². The highest BCUT2D eigenvalue weighted by Crippen LogP contribution is 2.33. The molecule has 4 nitrogen and oxygen atoms in total. The van der Waals surface area contributed by atoms with Gasteiger partial charge >= 0.3 is 0 Å². The first-order valence-corrected chi connectivity index (χ1v) is 7.59. The molecule has 0 spiro atoms. The van der Waals surface area contributed by atoms with Crippen molar-refractivity contribution in [1.82, 2.24) is 4.98 Å². The molecule has 0 radical (unpaired) electrons. The Morgan fingerprint density at radius 1 is 1.14 bits per heavy atom. The van der Waals surface area contributed by atoms with Crippen LogP contribution in [-0.4, -0.2) is 11.8 Å². The van der Waals surface area contributed by atoms with Crippen molar-refractivity contribution < 1.29 is 9.47 Å². The van der Waals surface area contributed by atoms with Gasteiger partial charge < -0.3 is 14.8 Å². The first-order chi connectivity index (χ1) is 10.3. The molecule has 1 aliphatic heterocycles. The van der Waals surface area contributed by atoms with Gasteiger partial charge in [-0.05, 0) is 42.3 Å². The normalized spacial score (nSPS) is 12.8. The van der Waals surface area contributed by atoms with Crippen molar-refractivity contribution >= 4 is 26.7 Å². The summed E-state index contributed by atoms with van der Waals surface area (Å²) in [6.07, 6.45) is 0. The predicted octanol–water partition coefficient (Wildman–Crippen LogP) is 3.95. The average molecular weight is 298 g/mol. The van der Waals surface area contributed by atoms with Gasteiger partial charge in [-0.25, -0.2) is 4.98 Å². The van der Waals surface area contributed by atoms with Crippen LogP contribution < -0.4 is 14.8 Å². The van der Waals surface area contributed by atoms with Gasteiger partial charge in [0.15, 0.2) is 16.6 Å². The number of nitrogens with one attached hydrogen (secondary N) is 1. The van der Waals surface area contributed by atoms with Gasteiger partial charge in [0.2, 0.25) is 6.79 Å². The third-order valence-corrected chi connectivity index (χ3v) is 4.40. The second-order valence-corrected chi connectivity index (χ2v) is 6.06. The molecule has 1 aromatic heterocycles. The Bertz CT molecular complexity index is 813. The van der Waals surface area contributed by atoms with Crippen LogP contribution in [0.15, 0.2) is 36.4 Å². The van der Waals surface area contributed by atoms with Gasteiger partial charge in [-0.15, -0.1) is 0 Å². The first kappa shape index (κ1) is 12.5. The van der Waals surface area contributed by atoms with E-state index in [2.05, 4.69) is 35.4 Å². The van der Waals surface area contributed by atoms with E-state index in [4.69, 9.17) is 9.47 Å². The first-order valence-electron chi connectivity index (χ1n) is 6.77. The summed E-state index contributed by atoms with van der Waals surface area (Å²) in [6.45, 7) is 3.12. The van der Waals surface area contributed by atoms with Crippen LogP contribution >= 0.6 is 11.3 Å². The third kappa shape index (κ3) is 2.40. The molecule has 0 unspecified atom stereocenters. The van der Waals surface area contributed by atoms with Crippen molar-refractivity contribution in [2.45, 2.75) is 13.5 Å². The number of fused-ring (bicyclic) bond motifs is 2. The highest BCUT2D eigenvalue weighted by molar-refractivity contribution is 7.22. The topological polar surface area (TPSA) is 43.4 Å². The maximum atomic E-state index is 5.39. The monoisotopic (exact) mass is 298 g/mol. The fourth-order valence-corrected chi connectivity index (χ4v) is 3.30. The minimum atomic E-state index is 0.309. The molecule has 0 saturated carbocycles. The molecule has 0 bridgehead atoms. The lowest BCUT2D eigenvalue weighted by atomic mass is 10.2. The van der Waals surface area contributed by atoms with Crippen LogP contribution in [0.5, 0.6) is 11.5 Å². The molecule has 2 heterocycles. The number of hydrogen-bond donors (Lipinski definition) is 1. The molecule has 0 saturated heterocycles. The molecule has 0 amide bonds. The predicted molar refractivity (Wildman–Crippen MR) is 84.2 cm³/mol. The number of thiazole rings is 1. The molecule has 0 fully saturated rings. The molecular weight excluding hydrogens is 284 g/mol. The lowest BCUT2D eigenvalue weighted by Gasteiger charge is -2.04. The van der Waals surface area contributed by atoms with E-state index in [1.54, 1.807) is 11.3 Å². The van der Waals surface area contributed by atoms with Crippen LogP contribution in [0.2, 0.25) is 0 Å². The molecule has 106 valence electrons. The molecule has 2 aromatic carbocycles. The van der Waals surface area contributed by atoms with Gasteiger partial charge in [0.25, 0.3) is 0 Å². The van der Waals surface area contributed by atoms with E-state index < -0.39 is 0 Å². The third-order valence-electron chi connectivity index (χ3n) is 3.42. The zero-order chi connectivity index (χ0) is 14.2. The van der Waals surface area contributed by atoms with Crippen molar-refractivity contribution in [2.75, 3.05) is 12.1 Å². The summed E-state index contributed by atoms with van der Waals surface area (Å²) in [5, 5.41) is 4.31. The summed E-state index contributed by atoms with van der Waals surface area (Å²) in [6, 6.07) is 12.3. The Kier molecular flexibility index (Phi) is 2.93. The van der Waals surface area contributed by atoms with Crippen molar-refractivity contribution in [1.29, 1.82) is 0 Å². The molecule has 1 aliphatic rings. The maximum Gasteiger partial charge on any atom is 0.231 e. The summed E-state index contributed by atoms with van der Waals surface area (Å²) >= 11 is 1.68. The van der Waals surface area contributed by atoms with Gasteiger partial charge in [-0.1, -0.05) is 23.5 Å². The highest BCUT2D eigenvalue weighted by atomic mass is 32.1. The molecule has 4 rings (SSSR count). The van der Waals surface area contributed by atoms with Gasteiger partial charge in [0, 0.05) is 6.54 Å². The van der Waals surface area contributed by atoms with E-state index in [1.165, 1.54) is 10.3 Å². The van der Waals surface area contributed by atoms with Crippen LogP contribution in [0.1, 0.15) is 11.1 Å². The van der Waals surface area contributed by atoms with E-state index >= 15 is 0 Å². The molecule has 0 aliphatic carbocycles. The molecule has 21 heavy (non-hydrogen) atoms. The quantitative estimate of drug-likeness (QED) is 0.795. The fraction of sp³-hybridized carbons (Fsp3) is 0.188. The van der Waals surface area contributed by atoms with Crippen LogP contribution in [-0.2, 0) is 6.54 Å². The SMILES string of the molecule is Cc1ccc2nc(NCc3ccc4c(c3)OCO4)sc2c1. The molecule has 5 heteroatoms. The smallest absolute Gasteiger partial charge is 0.231 e. The van der Waals surface area contributed by atoms with Crippen molar-refractivity contribution in [3.63, 3.8) is 0 Å². The van der Waals surface area contributed by atoms with Gasteiger partial charge in [0.1, 0.15) is 0 Å². The van der Waals surface area contributed by atoms with Gasteiger partial charge in [-0.2, -0.15) is 0 Å². The van der Waals surface area contributed by atoms with E-state index in [1.807, 2.05) is 18.2 Å². The molecule has 1 N–H and O–H groups in total. The number of hydrogen-bond acceptors (Lipinski definition) is 5. The lowest BCUT2D eigenvalue weighted by molar-refractivity contribution is 0.174. The Balaban J connectivity index is 1.52. The standard InChI is InChI=1S/C16H14N2O2S/c1-10-2-4-12-15(6-10)21-16(18-12)17-8-11-3-5-13-14(7-11)20-9-19-13/h2-7H,8-9H2,1H3,(H,17,18). The van der Waals surface area contributed by atoms with Crippen molar-refractivity contribution in [2.24, 2.45) is 0 Å². The number of benzene rings is 2. The zero-order valence-corrected chi connectivity index (χ0v) is 12.4. The summed E-state index contributed by atoms with van der Waals surface area (Å²) in [4.78, 5) is 4.59. The summed E-state index contributed by atoms with van der Waals surface area (Å²) < 4.78 is 11.9. The van der Waals surface area contributed by atoms with Gasteiger partial charge in [-0.3, -0.25) is 0 Å². The number of ether oxygens (including phenoxy) is 2. The largest absolute Gasteiger partial charge is 0.454 e. The molecular formula is C16H14N2O2S. The Hall–Kier alpha value is -2.27. The number of aromatic nitrogens is 1. The summed E-state index contributed by atoms with van der Waals surface area (Å²) in [7, 11) is 0. The second-order valence-electron chi connectivity index (χ2n) is 5.03. The van der Waals surface area contributed by atoms with Crippen molar-refractivity contribution in [3.8, 4) is 11.5 Å². The summed E-state index contributed by atoms with van der Waals surface area (Å²) in [5.74, 6) is 1.63. The van der Waals surface area contributed by atoms with E-state index in [0.717, 1.165) is 34.3 Å². The van der Waals surface area contributed by atoms with Crippen LogP contribution in [0.25, 0.3) is 10.2 Å². The van der Waals surface area contributed by atoms with E-state index in [-0.39, 0.29) is 0 Å². The number of rotatable bonds is 3. The van der Waals surface area contributed by atoms with Crippen LogP contribution in [0.4, 0.5) is 5.13 Å². The maximum absolute atomic E-state index is 5.39. The van der Waals surface area contributed by atoms with Crippen LogP contribution in [0.3, 0.4) is 0 Å². The zero-order valence-electron chi connectivity index (χ0n) is 11.6. The Labute approximate surface area is 126 Å². The fourth-order valence-electron chi connectivity index (χ4n) is 2.34. The summed E-state index contributed by atoms with van der Waals surface area (Å²) in [5.41, 5.74) is 3.45. The average Bonchev–Trinajstić information content (AvgIpc) is 3.09. The van der Waals surface area contributed by atoms with Crippen molar-refractivity contribution in [3.05, 3.63) is 47.5 Å². The van der Waals surface area contributed by atoms with Gasteiger partial charge in [0.05, 0.1) is 10.2 Å². The van der Waals surface area contributed by atoms with E-state index in [0.29, 0.717) is 6.79 Å². The molecule has 0 atom stereocenters.